The van der Waals surface area contributed by atoms with E-state index in [0.29, 0.717) is 24.7 Å². The molecule has 0 radical (unpaired) electrons. The van der Waals surface area contributed by atoms with E-state index >= 15 is 0 Å². The molecule has 0 amide bonds. The molecule has 1 aromatic heterocycles. The Balaban J connectivity index is 1.52. The summed E-state index contributed by atoms with van der Waals surface area (Å²) < 4.78 is 46.1. The molecule has 2 heterocycles. The lowest BCUT2D eigenvalue weighted by atomic mass is 10.3. The number of fused-ring (bicyclic) bond motifs is 1. The van der Waals surface area contributed by atoms with Gasteiger partial charge in [-0.25, -0.2) is 12.8 Å². The summed E-state index contributed by atoms with van der Waals surface area (Å²) in [6.45, 7) is 1.35. The predicted molar refractivity (Wildman–Crippen MR) is 91.4 cm³/mol. The van der Waals surface area contributed by atoms with Gasteiger partial charge in [0.2, 0.25) is 10.0 Å². The van der Waals surface area contributed by atoms with E-state index in [1.165, 1.54) is 22.5 Å². The second-order valence-electron chi connectivity index (χ2n) is 5.79. The van der Waals surface area contributed by atoms with Crippen LogP contribution >= 0.6 is 0 Å². The molecule has 130 valence electrons. The van der Waals surface area contributed by atoms with Crippen LogP contribution in [0.2, 0.25) is 0 Å². The lowest BCUT2D eigenvalue weighted by molar-refractivity contribution is 0.371. The van der Waals surface area contributed by atoms with Gasteiger partial charge in [-0.15, -0.1) is 0 Å². The Morgan fingerprint density at radius 3 is 2.36 bits per heavy atom. The maximum Gasteiger partial charge on any atom is 0.298 e. The van der Waals surface area contributed by atoms with E-state index in [-0.39, 0.29) is 18.0 Å². The van der Waals surface area contributed by atoms with E-state index in [4.69, 9.17) is 4.42 Å². The fourth-order valence-corrected chi connectivity index (χ4v) is 4.40. The van der Waals surface area contributed by atoms with Crippen molar-refractivity contribution in [2.45, 2.75) is 4.90 Å². The van der Waals surface area contributed by atoms with E-state index in [1.54, 1.807) is 0 Å². The average molecular weight is 361 g/mol. The molecule has 6 nitrogen and oxygen atoms in total. The summed E-state index contributed by atoms with van der Waals surface area (Å²) in [5, 5.41) is 0. The van der Waals surface area contributed by atoms with Gasteiger partial charge in [0, 0.05) is 26.2 Å². The summed E-state index contributed by atoms with van der Waals surface area (Å²) in [6.07, 6.45) is 0. The molecular formula is C17H16FN3O3S. The molecule has 25 heavy (non-hydrogen) atoms. The number of para-hydroxylation sites is 2. The van der Waals surface area contributed by atoms with Gasteiger partial charge in [-0.2, -0.15) is 9.29 Å². The number of rotatable bonds is 3. The fraction of sp³-hybridized carbons (Fsp3) is 0.235. The Morgan fingerprint density at radius 2 is 1.64 bits per heavy atom. The third-order valence-electron chi connectivity index (χ3n) is 4.25. The first-order valence-corrected chi connectivity index (χ1v) is 9.35. The fourth-order valence-electron chi connectivity index (χ4n) is 2.91. The van der Waals surface area contributed by atoms with Crippen molar-refractivity contribution in [2.75, 3.05) is 31.1 Å². The largest absolute Gasteiger partial charge is 0.423 e. The number of oxazole rings is 1. The third kappa shape index (κ3) is 2.87. The van der Waals surface area contributed by atoms with Crippen LogP contribution in [0.25, 0.3) is 11.1 Å². The van der Waals surface area contributed by atoms with Crippen LogP contribution in [-0.4, -0.2) is 43.9 Å². The van der Waals surface area contributed by atoms with Gasteiger partial charge in [0.1, 0.15) is 16.2 Å². The molecule has 0 bridgehead atoms. The third-order valence-corrected chi connectivity index (χ3v) is 6.18. The van der Waals surface area contributed by atoms with E-state index in [9.17, 15) is 12.8 Å². The maximum atomic E-state index is 13.9. The van der Waals surface area contributed by atoms with Gasteiger partial charge in [0.15, 0.2) is 5.58 Å². The van der Waals surface area contributed by atoms with Crippen LogP contribution in [0.3, 0.4) is 0 Å². The molecule has 1 aliphatic rings. The van der Waals surface area contributed by atoms with Crippen molar-refractivity contribution in [3.05, 3.63) is 54.3 Å². The average Bonchev–Trinajstić information content (AvgIpc) is 3.06. The Hall–Kier alpha value is -2.45. The van der Waals surface area contributed by atoms with Gasteiger partial charge in [0.05, 0.1) is 0 Å². The number of hydrogen-bond donors (Lipinski definition) is 0. The first kappa shape index (κ1) is 16.0. The number of piperazine rings is 1. The summed E-state index contributed by atoms with van der Waals surface area (Å²) in [5.74, 6) is -0.733. The molecule has 1 aliphatic heterocycles. The van der Waals surface area contributed by atoms with Crippen molar-refractivity contribution in [2.24, 2.45) is 0 Å². The zero-order valence-corrected chi connectivity index (χ0v) is 14.1. The molecule has 1 fully saturated rings. The Morgan fingerprint density at radius 1 is 0.960 bits per heavy atom. The maximum absolute atomic E-state index is 13.9. The van der Waals surface area contributed by atoms with Gasteiger partial charge in [-0.1, -0.05) is 24.3 Å². The number of anilines is 1. The number of hydrogen-bond acceptors (Lipinski definition) is 5. The monoisotopic (exact) mass is 361 g/mol. The minimum absolute atomic E-state index is 0.245. The molecule has 0 unspecified atom stereocenters. The number of benzene rings is 2. The van der Waals surface area contributed by atoms with Crippen molar-refractivity contribution >= 4 is 27.1 Å². The molecule has 2 aromatic carbocycles. The normalized spacial score (nSPS) is 16.4. The van der Waals surface area contributed by atoms with Crippen LogP contribution in [0, 0.1) is 5.82 Å². The molecule has 0 aliphatic carbocycles. The van der Waals surface area contributed by atoms with Crippen LogP contribution in [0.5, 0.6) is 0 Å². The molecular weight excluding hydrogens is 345 g/mol. The van der Waals surface area contributed by atoms with Crippen molar-refractivity contribution in [3.63, 3.8) is 0 Å². The van der Waals surface area contributed by atoms with Crippen LogP contribution in [-0.2, 0) is 10.0 Å². The highest BCUT2D eigenvalue weighted by molar-refractivity contribution is 7.89. The highest BCUT2D eigenvalue weighted by Crippen LogP contribution is 2.25. The Kier molecular flexibility index (Phi) is 3.93. The van der Waals surface area contributed by atoms with Crippen molar-refractivity contribution in [1.29, 1.82) is 0 Å². The van der Waals surface area contributed by atoms with Crippen molar-refractivity contribution in [1.82, 2.24) is 9.29 Å². The van der Waals surface area contributed by atoms with Crippen molar-refractivity contribution in [3.8, 4) is 0 Å². The first-order chi connectivity index (χ1) is 12.1. The quantitative estimate of drug-likeness (QED) is 0.717. The summed E-state index contributed by atoms with van der Waals surface area (Å²) in [6, 6.07) is 13.4. The minimum Gasteiger partial charge on any atom is -0.423 e. The summed E-state index contributed by atoms with van der Waals surface area (Å²) in [5.41, 5.74) is 1.46. The molecule has 4 rings (SSSR count). The molecule has 0 atom stereocenters. The summed E-state index contributed by atoms with van der Waals surface area (Å²) in [7, 11) is -3.84. The Labute approximate surface area is 144 Å². The number of nitrogens with zero attached hydrogens (tertiary/aromatic N) is 3. The van der Waals surface area contributed by atoms with Gasteiger partial charge in [0.25, 0.3) is 6.01 Å². The second-order valence-corrected chi connectivity index (χ2v) is 7.69. The summed E-state index contributed by atoms with van der Waals surface area (Å²) in [4.78, 5) is 6.04. The van der Waals surface area contributed by atoms with E-state index in [0.717, 1.165) is 11.6 Å². The highest BCUT2D eigenvalue weighted by atomic mass is 32.2. The minimum atomic E-state index is -3.84. The SMILES string of the molecule is O=S(=O)(c1ccccc1F)N1CCN(c2nc3ccccc3o2)CC1. The lowest BCUT2D eigenvalue weighted by Crippen LogP contribution is -2.48. The zero-order chi connectivity index (χ0) is 17.4. The van der Waals surface area contributed by atoms with Crippen LogP contribution in [0.15, 0.2) is 57.8 Å². The van der Waals surface area contributed by atoms with E-state index in [2.05, 4.69) is 4.98 Å². The van der Waals surface area contributed by atoms with Gasteiger partial charge < -0.3 is 9.32 Å². The Bertz CT molecular complexity index is 978. The number of aromatic nitrogens is 1. The molecule has 0 N–H and O–H groups in total. The molecule has 3 aromatic rings. The number of sulfonamides is 1. The van der Waals surface area contributed by atoms with E-state index < -0.39 is 15.8 Å². The molecule has 0 saturated carbocycles. The van der Waals surface area contributed by atoms with Gasteiger partial charge in [-0.3, -0.25) is 0 Å². The van der Waals surface area contributed by atoms with Crippen LogP contribution in [0.1, 0.15) is 0 Å². The highest BCUT2D eigenvalue weighted by Gasteiger charge is 2.31. The molecule has 0 spiro atoms. The predicted octanol–water partition coefficient (Wildman–Crippen LogP) is 2.48. The molecule has 8 heteroatoms. The topological polar surface area (TPSA) is 66.7 Å². The van der Waals surface area contributed by atoms with Crippen molar-refractivity contribution < 1.29 is 17.2 Å². The zero-order valence-electron chi connectivity index (χ0n) is 13.3. The van der Waals surface area contributed by atoms with E-state index in [1.807, 2.05) is 29.2 Å². The van der Waals surface area contributed by atoms with Crippen LogP contribution < -0.4 is 4.90 Å². The standard InChI is InChI=1S/C17H16FN3O3S/c18-13-5-1-4-8-16(13)25(22,23)21-11-9-20(10-12-21)17-19-14-6-2-3-7-15(14)24-17/h1-8H,9-12H2. The van der Waals surface area contributed by atoms with Crippen LogP contribution in [0.4, 0.5) is 10.4 Å². The second kappa shape index (κ2) is 6.12. The lowest BCUT2D eigenvalue weighted by Gasteiger charge is -2.33. The smallest absolute Gasteiger partial charge is 0.298 e. The van der Waals surface area contributed by atoms with Gasteiger partial charge >= 0.3 is 0 Å². The first-order valence-electron chi connectivity index (χ1n) is 7.91. The van der Waals surface area contributed by atoms with Gasteiger partial charge in [-0.05, 0) is 24.3 Å². The number of halogens is 1. The molecule has 1 saturated heterocycles. The summed E-state index contributed by atoms with van der Waals surface area (Å²) >= 11 is 0.